The quantitative estimate of drug-likeness (QED) is 0.249. The van der Waals surface area contributed by atoms with Crippen molar-refractivity contribution < 1.29 is 0 Å². The van der Waals surface area contributed by atoms with Crippen LogP contribution in [0.15, 0.2) is 0 Å². The first kappa shape index (κ1) is 23.0. The van der Waals surface area contributed by atoms with E-state index in [2.05, 4.69) is 41.5 Å². The van der Waals surface area contributed by atoms with Crippen LogP contribution < -0.4 is 0 Å². The van der Waals surface area contributed by atoms with E-state index >= 15 is 0 Å². The fraction of sp³-hybridized carbons (Fsp3) is 1.00. The molecule has 0 aromatic carbocycles. The van der Waals surface area contributed by atoms with Gasteiger partial charge in [-0.25, -0.2) is 0 Å². The average molecular weight is 325 g/mol. The van der Waals surface area contributed by atoms with Gasteiger partial charge in [0.1, 0.15) is 0 Å². The minimum absolute atomic E-state index is 0.533. The van der Waals surface area contributed by atoms with E-state index in [1.54, 1.807) is 0 Å². The van der Waals surface area contributed by atoms with Gasteiger partial charge in [0.05, 0.1) is 0 Å². The summed E-state index contributed by atoms with van der Waals surface area (Å²) in [6.07, 6.45) is 19.9. The minimum Gasteiger partial charge on any atom is -0.0654 e. The Bertz CT molecular complexity index is 232. The van der Waals surface area contributed by atoms with E-state index in [-0.39, 0.29) is 0 Å². The highest BCUT2D eigenvalue weighted by Crippen LogP contribution is 2.45. The molecule has 0 fully saturated rings. The Morgan fingerprint density at radius 1 is 0.478 bits per heavy atom. The van der Waals surface area contributed by atoms with Crippen LogP contribution in [0.3, 0.4) is 0 Å². The third-order valence-electron chi connectivity index (χ3n) is 6.23. The van der Waals surface area contributed by atoms with Gasteiger partial charge in [0, 0.05) is 0 Å². The standard InChI is InChI=1S/C23H48/c1-7-11-15-16-20-22(19-14-10-4)23(5,6)21(17-12-8-2)18-13-9-3/h21-22H,7-20H2,1-6H3. The lowest BCUT2D eigenvalue weighted by Crippen LogP contribution is -2.33. The molecule has 0 heterocycles. The van der Waals surface area contributed by atoms with Gasteiger partial charge < -0.3 is 0 Å². The van der Waals surface area contributed by atoms with Crippen LogP contribution in [0.4, 0.5) is 0 Å². The molecular weight excluding hydrogens is 276 g/mol. The molecule has 0 spiro atoms. The molecule has 0 heteroatoms. The second-order valence-electron chi connectivity index (χ2n) is 8.49. The van der Waals surface area contributed by atoms with Crippen molar-refractivity contribution in [1.29, 1.82) is 0 Å². The minimum atomic E-state index is 0.533. The third kappa shape index (κ3) is 9.78. The Morgan fingerprint density at radius 2 is 0.826 bits per heavy atom. The first-order valence-electron chi connectivity index (χ1n) is 11.0. The van der Waals surface area contributed by atoms with E-state index in [4.69, 9.17) is 0 Å². The van der Waals surface area contributed by atoms with Gasteiger partial charge in [-0.2, -0.15) is 0 Å². The summed E-state index contributed by atoms with van der Waals surface area (Å²) >= 11 is 0. The van der Waals surface area contributed by atoms with Crippen LogP contribution in [0, 0.1) is 17.3 Å². The Morgan fingerprint density at radius 3 is 1.17 bits per heavy atom. The van der Waals surface area contributed by atoms with Crippen molar-refractivity contribution in [3.05, 3.63) is 0 Å². The van der Waals surface area contributed by atoms with Crippen LogP contribution in [-0.2, 0) is 0 Å². The van der Waals surface area contributed by atoms with Crippen molar-refractivity contribution >= 4 is 0 Å². The fourth-order valence-electron chi connectivity index (χ4n) is 4.28. The zero-order valence-corrected chi connectivity index (χ0v) is 17.6. The zero-order valence-electron chi connectivity index (χ0n) is 17.6. The molecular formula is C23H48. The largest absolute Gasteiger partial charge is 0.0654 e. The van der Waals surface area contributed by atoms with Gasteiger partial charge >= 0.3 is 0 Å². The van der Waals surface area contributed by atoms with Crippen molar-refractivity contribution in [2.75, 3.05) is 0 Å². The van der Waals surface area contributed by atoms with Gasteiger partial charge in [0.25, 0.3) is 0 Å². The van der Waals surface area contributed by atoms with Gasteiger partial charge in [-0.1, -0.05) is 106 Å². The molecule has 0 amide bonds. The highest BCUT2D eigenvalue weighted by atomic mass is 14.4. The van der Waals surface area contributed by atoms with Gasteiger partial charge in [0.2, 0.25) is 0 Å². The van der Waals surface area contributed by atoms with E-state index in [0.29, 0.717) is 5.41 Å². The van der Waals surface area contributed by atoms with Crippen molar-refractivity contribution in [2.45, 2.75) is 131 Å². The van der Waals surface area contributed by atoms with Crippen LogP contribution in [0.2, 0.25) is 0 Å². The van der Waals surface area contributed by atoms with Gasteiger partial charge in [-0.3, -0.25) is 0 Å². The fourth-order valence-corrected chi connectivity index (χ4v) is 4.28. The van der Waals surface area contributed by atoms with E-state index < -0.39 is 0 Å². The van der Waals surface area contributed by atoms with Crippen LogP contribution in [0.5, 0.6) is 0 Å². The lowest BCUT2D eigenvalue weighted by molar-refractivity contribution is 0.0787. The first-order valence-corrected chi connectivity index (χ1v) is 11.0. The summed E-state index contributed by atoms with van der Waals surface area (Å²) in [6, 6.07) is 0. The molecule has 0 saturated carbocycles. The maximum absolute atomic E-state index is 2.61. The maximum atomic E-state index is 2.61. The Balaban J connectivity index is 4.82. The van der Waals surface area contributed by atoms with Gasteiger partial charge in [0.15, 0.2) is 0 Å². The lowest BCUT2D eigenvalue weighted by atomic mass is 9.63. The topological polar surface area (TPSA) is 0 Å². The molecule has 0 aromatic heterocycles. The van der Waals surface area contributed by atoms with Crippen LogP contribution in [-0.4, -0.2) is 0 Å². The Labute approximate surface area is 149 Å². The highest BCUT2D eigenvalue weighted by Gasteiger charge is 2.35. The zero-order chi connectivity index (χ0) is 17.6. The monoisotopic (exact) mass is 324 g/mol. The molecule has 0 radical (unpaired) electrons. The molecule has 1 unspecified atom stereocenters. The number of rotatable bonds is 16. The summed E-state index contributed by atoms with van der Waals surface area (Å²) in [5, 5.41) is 0. The molecule has 0 saturated heterocycles. The lowest BCUT2D eigenvalue weighted by Gasteiger charge is -2.42. The molecule has 0 aromatic rings. The average Bonchev–Trinajstić information content (AvgIpc) is 2.53. The predicted molar refractivity (Wildman–Crippen MR) is 108 cm³/mol. The van der Waals surface area contributed by atoms with Crippen molar-refractivity contribution in [1.82, 2.24) is 0 Å². The number of hydrogen-bond acceptors (Lipinski definition) is 0. The van der Waals surface area contributed by atoms with Crippen LogP contribution in [0.25, 0.3) is 0 Å². The SMILES string of the molecule is CCCCCCC(CCCC)C(C)(C)C(CCCC)CCCC. The Hall–Kier alpha value is 0. The smallest absolute Gasteiger partial charge is 0.0298 e. The van der Waals surface area contributed by atoms with E-state index in [0.717, 1.165) is 11.8 Å². The summed E-state index contributed by atoms with van der Waals surface area (Å²) < 4.78 is 0. The van der Waals surface area contributed by atoms with Crippen LogP contribution in [0.1, 0.15) is 131 Å². The number of hydrogen-bond donors (Lipinski definition) is 0. The summed E-state index contributed by atoms with van der Waals surface area (Å²) in [5.41, 5.74) is 0.533. The van der Waals surface area contributed by atoms with Gasteiger partial charge in [-0.05, 0) is 42.9 Å². The summed E-state index contributed by atoms with van der Waals surface area (Å²) in [6.45, 7) is 14.6. The third-order valence-corrected chi connectivity index (χ3v) is 6.23. The van der Waals surface area contributed by atoms with Crippen LogP contribution >= 0.6 is 0 Å². The van der Waals surface area contributed by atoms with Crippen molar-refractivity contribution in [3.8, 4) is 0 Å². The maximum Gasteiger partial charge on any atom is -0.0298 e. The summed E-state index contributed by atoms with van der Waals surface area (Å²) in [4.78, 5) is 0. The molecule has 1 atom stereocenters. The van der Waals surface area contributed by atoms with Crippen molar-refractivity contribution in [3.63, 3.8) is 0 Å². The molecule has 0 N–H and O–H groups in total. The molecule has 0 bridgehead atoms. The van der Waals surface area contributed by atoms with Crippen molar-refractivity contribution in [2.24, 2.45) is 17.3 Å². The van der Waals surface area contributed by atoms with Gasteiger partial charge in [-0.15, -0.1) is 0 Å². The molecule has 0 aliphatic heterocycles. The van der Waals surface area contributed by atoms with E-state index in [9.17, 15) is 0 Å². The highest BCUT2D eigenvalue weighted by molar-refractivity contribution is 4.85. The molecule has 140 valence electrons. The van der Waals surface area contributed by atoms with E-state index in [1.807, 2.05) is 0 Å². The van der Waals surface area contributed by atoms with E-state index in [1.165, 1.54) is 89.9 Å². The summed E-state index contributed by atoms with van der Waals surface area (Å²) in [5.74, 6) is 1.88. The second kappa shape index (κ2) is 14.4. The number of unbranched alkanes of at least 4 members (excludes halogenated alkanes) is 6. The second-order valence-corrected chi connectivity index (χ2v) is 8.49. The first-order chi connectivity index (χ1) is 11.0. The molecule has 0 rings (SSSR count). The molecule has 0 aliphatic carbocycles. The Kier molecular flexibility index (Phi) is 14.4. The molecule has 0 aliphatic rings. The molecule has 0 nitrogen and oxygen atoms in total. The summed E-state index contributed by atoms with van der Waals surface area (Å²) in [7, 11) is 0. The predicted octanol–water partition coefficient (Wildman–Crippen LogP) is 8.79. The normalized spacial score (nSPS) is 13.7. The molecule has 23 heavy (non-hydrogen) atoms.